The van der Waals surface area contributed by atoms with Gasteiger partial charge in [0.25, 0.3) is 10.0 Å². The second-order valence-corrected chi connectivity index (χ2v) is 6.08. The molecule has 0 spiro atoms. The molecule has 0 aliphatic carbocycles. The van der Waals surface area contributed by atoms with Crippen molar-refractivity contribution < 1.29 is 8.42 Å². The van der Waals surface area contributed by atoms with Gasteiger partial charge in [-0.2, -0.15) is 0 Å². The van der Waals surface area contributed by atoms with Gasteiger partial charge in [-0.25, -0.2) is 8.42 Å². The minimum absolute atomic E-state index is 0.135. The lowest BCUT2D eigenvalue weighted by Crippen LogP contribution is -2.25. The fourth-order valence-corrected chi connectivity index (χ4v) is 3.29. The molecule has 0 aromatic heterocycles. The lowest BCUT2D eigenvalue weighted by molar-refractivity contribution is 0.599. The Balaban J connectivity index is 2.55. The predicted octanol–water partition coefficient (Wildman–Crippen LogP) is -0.0359. The van der Waals surface area contributed by atoms with E-state index in [1.807, 2.05) is 18.2 Å². The summed E-state index contributed by atoms with van der Waals surface area (Å²) in [5, 5.41) is 0. The van der Waals surface area contributed by atoms with E-state index >= 15 is 0 Å². The zero-order valence-electron chi connectivity index (χ0n) is 9.04. The summed E-state index contributed by atoms with van der Waals surface area (Å²) >= 11 is 1.35. The van der Waals surface area contributed by atoms with Crippen molar-refractivity contribution in [3.05, 3.63) is 24.3 Å². The summed E-state index contributed by atoms with van der Waals surface area (Å²) in [5.74, 6) is -0.244. The van der Waals surface area contributed by atoms with Gasteiger partial charge in [0.05, 0.1) is 5.75 Å². The normalized spacial score (nSPS) is 11.1. The fourth-order valence-electron chi connectivity index (χ4n) is 1.08. The van der Waals surface area contributed by atoms with Gasteiger partial charge in [0.15, 0.2) is 0 Å². The number of anilines is 1. The summed E-state index contributed by atoms with van der Waals surface area (Å²) in [5.41, 5.74) is 16.3. The highest BCUT2D eigenvalue weighted by molar-refractivity contribution is 8.00. The zero-order valence-corrected chi connectivity index (χ0v) is 10.7. The fraction of sp³-hybridized carbons (Fsp3) is 0.222. The van der Waals surface area contributed by atoms with Crippen molar-refractivity contribution >= 4 is 33.4 Å². The molecular weight excluding hydrogens is 260 g/mol. The van der Waals surface area contributed by atoms with E-state index < -0.39 is 16.0 Å². The van der Waals surface area contributed by atoms with Crippen LogP contribution >= 0.6 is 11.8 Å². The Morgan fingerprint density at radius 2 is 1.94 bits per heavy atom. The number of guanidine groups is 1. The Bertz CT molecular complexity index is 509. The molecule has 94 valence electrons. The number of nitrogens with zero attached hydrogens (tertiary/aromatic N) is 1. The minimum Gasteiger partial charge on any atom is -0.398 e. The van der Waals surface area contributed by atoms with Crippen LogP contribution in [0.15, 0.2) is 33.6 Å². The van der Waals surface area contributed by atoms with Crippen LogP contribution in [0.1, 0.15) is 0 Å². The summed E-state index contributed by atoms with van der Waals surface area (Å²) in [7, 11) is -3.59. The van der Waals surface area contributed by atoms with Crippen LogP contribution in [0.3, 0.4) is 0 Å². The van der Waals surface area contributed by atoms with E-state index in [1.54, 1.807) is 6.07 Å². The second-order valence-electron chi connectivity index (χ2n) is 3.19. The average Bonchev–Trinajstić information content (AvgIpc) is 2.18. The first kappa shape index (κ1) is 13.7. The molecule has 0 heterocycles. The van der Waals surface area contributed by atoms with Crippen LogP contribution in [-0.4, -0.2) is 25.9 Å². The van der Waals surface area contributed by atoms with Crippen molar-refractivity contribution in [3.8, 4) is 0 Å². The molecule has 0 amide bonds. The topological polar surface area (TPSA) is 125 Å². The van der Waals surface area contributed by atoms with Crippen LogP contribution < -0.4 is 17.2 Å². The van der Waals surface area contributed by atoms with Gasteiger partial charge < -0.3 is 17.2 Å². The molecule has 0 aliphatic heterocycles. The van der Waals surface area contributed by atoms with E-state index in [4.69, 9.17) is 17.2 Å². The molecule has 1 aromatic rings. The molecule has 0 saturated carbocycles. The second kappa shape index (κ2) is 5.78. The molecular formula is C9H14N4O2S2. The highest BCUT2D eigenvalue weighted by Crippen LogP contribution is 2.24. The molecule has 0 radical (unpaired) electrons. The summed E-state index contributed by atoms with van der Waals surface area (Å²) < 4.78 is 25.8. The van der Waals surface area contributed by atoms with Gasteiger partial charge >= 0.3 is 0 Å². The first-order valence-electron chi connectivity index (χ1n) is 4.71. The van der Waals surface area contributed by atoms with E-state index in [9.17, 15) is 8.42 Å². The number of nitrogen functional groups attached to an aromatic ring is 1. The molecule has 1 aromatic carbocycles. The quantitative estimate of drug-likeness (QED) is 0.299. The van der Waals surface area contributed by atoms with E-state index in [-0.39, 0.29) is 5.75 Å². The van der Waals surface area contributed by atoms with Crippen LogP contribution in [0.5, 0.6) is 0 Å². The Kier molecular flexibility index (Phi) is 4.64. The predicted molar refractivity (Wildman–Crippen MR) is 71.2 cm³/mol. The van der Waals surface area contributed by atoms with Gasteiger partial charge in [-0.05, 0) is 12.1 Å². The number of sulfonamides is 1. The maximum absolute atomic E-state index is 11.3. The number of rotatable bonds is 5. The molecule has 0 saturated heterocycles. The first-order chi connectivity index (χ1) is 7.91. The lowest BCUT2D eigenvalue weighted by atomic mass is 10.3. The number of para-hydroxylation sites is 1. The molecule has 8 heteroatoms. The summed E-state index contributed by atoms with van der Waals surface area (Å²) in [4.78, 5) is 0.840. The van der Waals surface area contributed by atoms with Crippen LogP contribution in [0.4, 0.5) is 5.69 Å². The van der Waals surface area contributed by atoms with Gasteiger partial charge in [-0.3, -0.25) is 0 Å². The van der Waals surface area contributed by atoms with Crippen molar-refractivity contribution in [3.63, 3.8) is 0 Å². The maximum atomic E-state index is 11.3. The molecule has 0 fully saturated rings. The van der Waals surface area contributed by atoms with E-state index in [0.717, 1.165) is 4.90 Å². The van der Waals surface area contributed by atoms with E-state index in [0.29, 0.717) is 11.4 Å². The molecule has 0 atom stereocenters. The third-order valence-corrected chi connectivity index (χ3v) is 4.32. The monoisotopic (exact) mass is 274 g/mol. The van der Waals surface area contributed by atoms with Gasteiger partial charge in [0, 0.05) is 16.3 Å². The lowest BCUT2D eigenvalue weighted by Gasteiger charge is -2.04. The van der Waals surface area contributed by atoms with Crippen LogP contribution in [0.2, 0.25) is 0 Å². The third-order valence-electron chi connectivity index (χ3n) is 1.76. The van der Waals surface area contributed by atoms with Gasteiger partial charge in [0.1, 0.15) is 0 Å². The zero-order chi connectivity index (χ0) is 12.9. The van der Waals surface area contributed by atoms with Crippen molar-refractivity contribution in [1.29, 1.82) is 0 Å². The van der Waals surface area contributed by atoms with Crippen molar-refractivity contribution in [2.24, 2.45) is 15.9 Å². The van der Waals surface area contributed by atoms with Crippen LogP contribution in [-0.2, 0) is 10.0 Å². The minimum atomic E-state index is -3.59. The largest absolute Gasteiger partial charge is 0.398 e. The summed E-state index contributed by atoms with van der Waals surface area (Å²) in [6.45, 7) is 0. The Morgan fingerprint density at radius 1 is 1.29 bits per heavy atom. The molecule has 1 rings (SSSR count). The van der Waals surface area contributed by atoms with Crippen molar-refractivity contribution in [2.45, 2.75) is 4.90 Å². The van der Waals surface area contributed by atoms with Gasteiger partial charge in [-0.1, -0.05) is 12.1 Å². The molecule has 6 nitrogen and oxygen atoms in total. The van der Waals surface area contributed by atoms with Gasteiger partial charge in [-0.15, -0.1) is 16.2 Å². The number of thioether (sulfide) groups is 1. The average molecular weight is 274 g/mol. The number of hydrogen-bond donors (Lipinski definition) is 3. The first-order valence-corrected chi connectivity index (χ1v) is 7.31. The summed E-state index contributed by atoms with van der Waals surface area (Å²) in [6, 6.07) is 7.23. The maximum Gasteiger partial charge on any atom is 0.257 e. The third kappa shape index (κ3) is 4.96. The number of hydrogen-bond acceptors (Lipinski definition) is 4. The Labute approximate surface area is 104 Å². The Morgan fingerprint density at radius 3 is 2.53 bits per heavy atom. The van der Waals surface area contributed by atoms with Crippen molar-refractivity contribution in [1.82, 2.24) is 0 Å². The highest BCUT2D eigenvalue weighted by atomic mass is 32.2. The van der Waals surface area contributed by atoms with E-state index in [2.05, 4.69) is 4.40 Å². The van der Waals surface area contributed by atoms with Crippen molar-refractivity contribution in [2.75, 3.05) is 17.2 Å². The number of nitrogens with two attached hydrogens (primary N) is 3. The molecule has 0 unspecified atom stereocenters. The van der Waals surface area contributed by atoms with Gasteiger partial charge in [0.2, 0.25) is 5.96 Å². The Hall–Kier alpha value is -1.41. The highest BCUT2D eigenvalue weighted by Gasteiger charge is 2.09. The van der Waals surface area contributed by atoms with Crippen LogP contribution in [0.25, 0.3) is 0 Å². The molecule has 17 heavy (non-hydrogen) atoms. The number of benzene rings is 1. The SMILES string of the molecule is NC(N)=NS(=O)(=O)CCSc1ccccc1N. The van der Waals surface area contributed by atoms with Crippen LogP contribution in [0, 0.1) is 0 Å². The van der Waals surface area contributed by atoms with E-state index in [1.165, 1.54) is 11.8 Å². The smallest absolute Gasteiger partial charge is 0.257 e. The molecule has 0 aliphatic rings. The molecule has 0 bridgehead atoms. The molecule has 6 N–H and O–H groups in total. The summed E-state index contributed by atoms with van der Waals surface area (Å²) in [6.07, 6.45) is 0. The standard InChI is InChI=1S/C9H14N4O2S2/c10-7-3-1-2-4-8(7)16-5-6-17(14,15)13-9(11)12/h1-4H,5-6,10H2,(H4,11,12,13).